The number of aliphatic hydroxyl groups excluding tert-OH is 1. The maximum Gasteiger partial charge on any atom is 0.265 e. The van der Waals surface area contributed by atoms with E-state index in [0.717, 1.165) is 0 Å². The highest BCUT2D eigenvalue weighted by atomic mass is 79.9. The molecule has 0 amide bonds. The number of aliphatic hydroxyl groups is 1. The highest BCUT2D eigenvalue weighted by molar-refractivity contribution is 9.10. The van der Waals surface area contributed by atoms with Gasteiger partial charge in [0, 0.05) is 4.47 Å². The summed E-state index contributed by atoms with van der Waals surface area (Å²) in [5.74, 6) is 0. The first kappa shape index (κ1) is 15.0. The zero-order valence-corrected chi connectivity index (χ0v) is 13.0. The van der Waals surface area contributed by atoms with Gasteiger partial charge in [0.1, 0.15) is 4.90 Å². The Morgan fingerprint density at radius 3 is 2.20 bits per heavy atom. The summed E-state index contributed by atoms with van der Waals surface area (Å²) in [7, 11) is -3.72. The molecule has 2 aromatic rings. The molecular formula is C14H14BrNO3S. The van der Waals surface area contributed by atoms with Crippen LogP contribution in [0.4, 0.5) is 5.69 Å². The number of hydrogen-bond acceptors (Lipinski definition) is 3. The Bertz CT molecular complexity index is 674. The smallest absolute Gasteiger partial charge is 0.265 e. The number of rotatable bonds is 5. The summed E-state index contributed by atoms with van der Waals surface area (Å²) in [5.41, 5.74) is 0.525. The van der Waals surface area contributed by atoms with Crippen molar-refractivity contribution in [1.82, 2.24) is 0 Å². The maximum atomic E-state index is 12.7. The van der Waals surface area contributed by atoms with Gasteiger partial charge in [-0.05, 0) is 40.2 Å². The van der Waals surface area contributed by atoms with Gasteiger partial charge in [-0.25, -0.2) is 8.42 Å². The van der Waals surface area contributed by atoms with E-state index in [1.54, 1.807) is 42.5 Å². The molecule has 0 spiro atoms. The van der Waals surface area contributed by atoms with Crippen LogP contribution in [0.15, 0.2) is 64.0 Å². The molecule has 106 valence electrons. The predicted molar refractivity (Wildman–Crippen MR) is 82.2 cm³/mol. The molecule has 2 aromatic carbocycles. The number of benzene rings is 2. The lowest BCUT2D eigenvalue weighted by atomic mass is 10.3. The first-order valence-corrected chi connectivity index (χ1v) is 8.24. The largest absolute Gasteiger partial charge is 0.394 e. The summed E-state index contributed by atoms with van der Waals surface area (Å²) in [5, 5.41) is 9.16. The van der Waals surface area contributed by atoms with Gasteiger partial charge in [-0.2, -0.15) is 0 Å². The van der Waals surface area contributed by atoms with E-state index in [-0.39, 0.29) is 18.0 Å². The van der Waals surface area contributed by atoms with Crippen LogP contribution in [0.3, 0.4) is 0 Å². The Hall–Kier alpha value is -1.37. The van der Waals surface area contributed by atoms with Crippen LogP contribution in [0.2, 0.25) is 0 Å². The van der Waals surface area contributed by atoms with Crippen LogP contribution in [0.25, 0.3) is 0 Å². The van der Waals surface area contributed by atoms with Crippen LogP contribution in [0.1, 0.15) is 0 Å². The molecule has 20 heavy (non-hydrogen) atoms. The third kappa shape index (κ3) is 3.03. The molecule has 2 rings (SSSR count). The molecule has 0 saturated heterocycles. The molecule has 0 radical (unpaired) electrons. The van der Waals surface area contributed by atoms with Crippen LogP contribution >= 0.6 is 15.9 Å². The molecular weight excluding hydrogens is 342 g/mol. The average molecular weight is 356 g/mol. The predicted octanol–water partition coefficient (Wildman–Crippen LogP) is 2.64. The van der Waals surface area contributed by atoms with Gasteiger partial charge in [-0.1, -0.05) is 30.3 Å². The van der Waals surface area contributed by atoms with E-state index in [1.807, 2.05) is 6.07 Å². The van der Waals surface area contributed by atoms with Crippen LogP contribution in [0, 0.1) is 0 Å². The third-order valence-electron chi connectivity index (χ3n) is 2.75. The van der Waals surface area contributed by atoms with Crippen molar-refractivity contribution in [3.63, 3.8) is 0 Å². The van der Waals surface area contributed by atoms with E-state index in [4.69, 9.17) is 5.11 Å². The monoisotopic (exact) mass is 355 g/mol. The number of halogens is 1. The SMILES string of the molecule is O=S(=O)(c1ccccc1Br)N(CCO)c1ccccc1. The molecule has 0 saturated carbocycles. The molecule has 0 fully saturated rings. The molecule has 6 heteroatoms. The van der Waals surface area contributed by atoms with Crippen LogP contribution in [-0.2, 0) is 10.0 Å². The van der Waals surface area contributed by atoms with Crippen LogP contribution in [-0.4, -0.2) is 26.7 Å². The number of hydrogen-bond donors (Lipinski definition) is 1. The van der Waals surface area contributed by atoms with Gasteiger partial charge in [0.15, 0.2) is 0 Å². The fraction of sp³-hybridized carbons (Fsp3) is 0.143. The lowest BCUT2D eigenvalue weighted by Gasteiger charge is -2.24. The second-order valence-electron chi connectivity index (χ2n) is 4.07. The molecule has 0 aliphatic heterocycles. The van der Waals surface area contributed by atoms with Crippen LogP contribution in [0.5, 0.6) is 0 Å². The van der Waals surface area contributed by atoms with E-state index >= 15 is 0 Å². The zero-order valence-electron chi connectivity index (χ0n) is 10.6. The molecule has 0 unspecified atom stereocenters. The topological polar surface area (TPSA) is 57.6 Å². The minimum Gasteiger partial charge on any atom is -0.394 e. The molecule has 0 aromatic heterocycles. The molecule has 0 heterocycles. The Morgan fingerprint density at radius 2 is 1.60 bits per heavy atom. The number of nitrogens with zero attached hydrogens (tertiary/aromatic N) is 1. The van der Waals surface area contributed by atoms with Gasteiger partial charge >= 0.3 is 0 Å². The minimum atomic E-state index is -3.72. The van der Waals surface area contributed by atoms with Crippen molar-refractivity contribution < 1.29 is 13.5 Å². The quantitative estimate of drug-likeness (QED) is 0.896. The van der Waals surface area contributed by atoms with E-state index in [0.29, 0.717) is 10.2 Å². The Kier molecular flexibility index (Phi) is 4.80. The summed E-state index contributed by atoms with van der Waals surface area (Å²) in [6.45, 7) is -0.244. The number of sulfonamides is 1. The van der Waals surface area contributed by atoms with Gasteiger partial charge in [0.05, 0.1) is 18.8 Å². The molecule has 0 aliphatic carbocycles. The second kappa shape index (κ2) is 6.39. The van der Waals surface area contributed by atoms with E-state index in [2.05, 4.69) is 15.9 Å². The maximum absolute atomic E-state index is 12.7. The van der Waals surface area contributed by atoms with Crippen molar-refractivity contribution in [3.05, 3.63) is 59.1 Å². The Labute approximate surface area is 126 Å². The van der Waals surface area contributed by atoms with Crippen molar-refractivity contribution in [2.75, 3.05) is 17.5 Å². The first-order chi connectivity index (χ1) is 9.57. The van der Waals surface area contributed by atoms with Gasteiger partial charge < -0.3 is 5.11 Å². The fourth-order valence-corrected chi connectivity index (χ4v) is 4.27. The minimum absolute atomic E-state index is 0.00762. The van der Waals surface area contributed by atoms with Gasteiger partial charge in [-0.3, -0.25) is 4.31 Å². The normalized spacial score (nSPS) is 11.3. The van der Waals surface area contributed by atoms with Crippen LogP contribution < -0.4 is 4.31 Å². The molecule has 4 nitrogen and oxygen atoms in total. The molecule has 0 atom stereocenters. The second-order valence-corrected chi connectivity index (χ2v) is 6.75. The highest BCUT2D eigenvalue weighted by Gasteiger charge is 2.26. The summed E-state index contributed by atoms with van der Waals surface area (Å²) >= 11 is 3.26. The lowest BCUT2D eigenvalue weighted by Crippen LogP contribution is -2.33. The van der Waals surface area contributed by atoms with Gasteiger partial charge in [-0.15, -0.1) is 0 Å². The van der Waals surface area contributed by atoms with E-state index < -0.39 is 10.0 Å². The average Bonchev–Trinajstić information content (AvgIpc) is 2.45. The number of anilines is 1. The van der Waals surface area contributed by atoms with Crippen molar-refractivity contribution in [2.24, 2.45) is 0 Å². The molecule has 0 bridgehead atoms. The van der Waals surface area contributed by atoms with Gasteiger partial charge in [0.2, 0.25) is 0 Å². The van der Waals surface area contributed by atoms with Crippen molar-refractivity contribution >= 4 is 31.6 Å². The zero-order chi connectivity index (χ0) is 14.6. The van der Waals surface area contributed by atoms with Crippen molar-refractivity contribution in [1.29, 1.82) is 0 Å². The Balaban J connectivity index is 2.52. The molecule has 1 N–H and O–H groups in total. The highest BCUT2D eigenvalue weighted by Crippen LogP contribution is 2.28. The first-order valence-electron chi connectivity index (χ1n) is 6.00. The number of para-hydroxylation sites is 1. The van der Waals surface area contributed by atoms with E-state index in [1.165, 1.54) is 10.4 Å². The van der Waals surface area contributed by atoms with Gasteiger partial charge in [0.25, 0.3) is 10.0 Å². The Morgan fingerprint density at radius 1 is 1.00 bits per heavy atom. The van der Waals surface area contributed by atoms with Crippen molar-refractivity contribution in [3.8, 4) is 0 Å². The molecule has 0 aliphatic rings. The summed E-state index contributed by atoms with van der Waals surface area (Å²) < 4.78 is 27.2. The standard InChI is InChI=1S/C14H14BrNO3S/c15-13-8-4-5-9-14(13)20(18,19)16(10-11-17)12-6-2-1-3-7-12/h1-9,17H,10-11H2. The van der Waals surface area contributed by atoms with Crippen molar-refractivity contribution in [2.45, 2.75) is 4.90 Å². The van der Waals surface area contributed by atoms with E-state index in [9.17, 15) is 8.42 Å². The fourth-order valence-electron chi connectivity index (χ4n) is 1.85. The third-order valence-corrected chi connectivity index (χ3v) is 5.59. The summed E-state index contributed by atoms with van der Waals surface area (Å²) in [6, 6.07) is 15.4. The summed E-state index contributed by atoms with van der Waals surface area (Å²) in [6.07, 6.45) is 0. The summed E-state index contributed by atoms with van der Waals surface area (Å²) in [4.78, 5) is 0.178. The lowest BCUT2D eigenvalue weighted by molar-refractivity contribution is 0.306.